The van der Waals surface area contributed by atoms with E-state index >= 15 is 0 Å². The van der Waals surface area contributed by atoms with Gasteiger partial charge in [-0.3, -0.25) is 9.78 Å². The van der Waals surface area contributed by atoms with Gasteiger partial charge < -0.3 is 4.98 Å². The van der Waals surface area contributed by atoms with Crippen LogP contribution in [0.4, 0.5) is 0 Å². The third-order valence-corrected chi connectivity index (χ3v) is 1.98. The Morgan fingerprint density at radius 3 is 2.86 bits per heavy atom. The fraction of sp³-hybridized carbons (Fsp3) is 0.0909. The molecule has 0 aliphatic rings. The lowest BCUT2D eigenvalue weighted by atomic mass is 10.1. The summed E-state index contributed by atoms with van der Waals surface area (Å²) in [6.07, 6.45) is 2.91. The largest absolute Gasteiger partial charge is 0.319 e. The Morgan fingerprint density at radius 1 is 1.29 bits per heavy atom. The number of aromatic amines is 1. The van der Waals surface area contributed by atoms with Crippen molar-refractivity contribution in [2.24, 2.45) is 0 Å². The first-order valence-corrected chi connectivity index (χ1v) is 4.37. The lowest BCUT2D eigenvalue weighted by molar-refractivity contribution is 1.14. The molecule has 0 radical (unpaired) electrons. The number of nitrogens with one attached hydrogen (secondary N) is 1. The standard InChI is InChI=1S/C11H10N2O/c1-8-3-2-4-9(5-8)10-6-12-7-11(14)13-10/h2-7H,1H3,(H,13,14). The molecule has 0 atom stereocenters. The van der Waals surface area contributed by atoms with Gasteiger partial charge in [0.25, 0.3) is 5.56 Å². The number of hydrogen-bond acceptors (Lipinski definition) is 2. The molecule has 0 aliphatic carbocycles. The van der Waals surface area contributed by atoms with E-state index in [1.54, 1.807) is 6.20 Å². The minimum Gasteiger partial charge on any atom is -0.319 e. The topological polar surface area (TPSA) is 45.8 Å². The first kappa shape index (κ1) is 8.69. The summed E-state index contributed by atoms with van der Waals surface area (Å²) in [6, 6.07) is 7.92. The van der Waals surface area contributed by atoms with Gasteiger partial charge in [-0.2, -0.15) is 0 Å². The highest BCUT2D eigenvalue weighted by molar-refractivity contribution is 5.58. The summed E-state index contributed by atoms with van der Waals surface area (Å²) < 4.78 is 0. The molecular weight excluding hydrogens is 176 g/mol. The third-order valence-electron chi connectivity index (χ3n) is 1.98. The van der Waals surface area contributed by atoms with Crippen LogP contribution in [0.5, 0.6) is 0 Å². The first-order valence-electron chi connectivity index (χ1n) is 4.37. The van der Waals surface area contributed by atoms with Crippen LogP contribution in [0.1, 0.15) is 5.56 Å². The Hall–Kier alpha value is -1.90. The maximum Gasteiger partial charge on any atom is 0.266 e. The van der Waals surface area contributed by atoms with E-state index in [1.807, 2.05) is 31.2 Å². The molecule has 3 nitrogen and oxygen atoms in total. The van der Waals surface area contributed by atoms with Crippen molar-refractivity contribution in [2.45, 2.75) is 6.92 Å². The van der Waals surface area contributed by atoms with E-state index in [-0.39, 0.29) is 5.56 Å². The molecule has 2 rings (SSSR count). The number of H-pyrrole nitrogens is 1. The zero-order valence-electron chi connectivity index (χ0n) is 7.82. The van der Waals surface area contributed by atoms with Gasteiger partial charge in [0.15, 0.2) is 0 Å². The Morgan fingerprint density at radius 2 is 2.14 bits per heavy atom. The summed E-state index contributed by atoms with van der Waals surface area (Å²) >= 11 is 0. The molecule has 0 fully saturated rings. The maximum atomic E-state index is 11.0. The molecule has 0 unspecified atom stereocenters. The number of rotatable bonds is 1. The van der Waals surface area contributed by atoms with Crippen LogP contribution in [0.2, 0.25) is 0 Å². The van der Waals surface area contributed by atoms with E-state index in [9.17, 15) is 4.79 Å². The van der Waals surface area contributed by atoms with Crippen molar-refractivity contribution in [1.29, 1.82) is 0 Å². The highest BCUT2D eigenvalue weighted by Crippen LogP contribution is 2.15. The second-order valence-corrected chi connectivity index (χ2v) is 3.18. The molecule has 1 heterocycles. The smallest absolute Gasteiger partial charge is 0.266 e. The van der Waals surface area contributed by atoms with Crippen molar-refractivity contribution in [1.82, 2.24) is 9.97 Å². The summed E-state index contributed by atoms with van der Waals surface area (Å²) in [4.78, 5) is 17.6. The lowest BCUT2D eigenvalue weighted by Gasteiger charge is -2.00. The molecule has 1 N–H and O–H groups in total. The van der Waals surface area contributed by atoms with Gasteiger partial charge in [0, 0.05) is 0 Å². The van der Waals surface area contributed by atoms with Crippen molar-refractivity contribution in [3.05, 3.63) is 52.6 Å². The van der Waals surface area contributed by atoms with E-state index in [1.165, 1.54) is 6.20 Å². The summed E-state index contributed by atoms with van der Waals surface area (Å²) in [5, 5.41) is 0. The minimum atomic E-state index is -0.177. The molecular formula is C11H10N2O. The highest BCUT2D eigenvalue weighted by Gasteiger charge is 1.97. The fourth-order valence-corrected chi connectivity index (χ4v) is 1.34. The molecule has 0 bridgehead atoms. The Labute approximate surface area is 81.5 Å². The van der Waals surface area contributed by atoms with E-state index in [0.29, 0.717) is 0 Å². The molecule has 2 aromatic rings. The summed E-state index contributed by atoms with van der Waals surface area (Å²) in [5.74, 6) is 0. The molecule has 3 heteroatoms. The lowest BCUT2D eigenvalue weighted by Crippen LogP contribution is -2.05. The normalized spacial score (nSPS) is 10.1. The van der Waals surface area contributed by atoms with Crippen LogP contribution in [0.25, 0.3) is 11.3 Å². The first-order chi connectivity index (χ1) is 6.75. The SMILES string of the molecule is Cc1cccc(-c2cncc(=O)[nH]2)c1. The van der Waals surface area contributed by atoms with E-state index < -0.39 is 0 Å². The van der Waals surface area contributed by atoms with Crippen LogP contribution in [-0.2, 0) is 0 Å². The van der Waals surface area contributed by atoms with Gasteiger partial charge in [-0.1, -0.05) is 23.8 Å². The molecule has 1 aromatic heterocycles. The van der Waals surface area contributed by atoms with Gasteiger partial charge >= 0.3 is 0 Å². The second-order valence-electron chi connectivity index (χ2n) is 3.18. The fourth-order valence-electron chi connectivity index (χ4n) is 1.34. The van der Waals surface area contributed by atoms with Gasteiger partial charge in [0.1, 0.15) is 0 Å². The Kier molecular flexibility index (Phi) is 2.14. The molecule has 0 spiro atoms. The molecule has 0 amide bonds. The van der Waals surface area contributed by atoms with Crippen LogP contribution < -0.4 is 5.56 Å². The number of nitrogens with zero attached hydrogens (tertiary/aromatic N) is 1. The minimum absolute atomic E-state index is 0.177. The molecule has 70 valence electrons. The highest BCUT2D eigenvalue weighted by atomic mass is 16.1. The van der Waals surface area contributed by atoms with Crippen LogP contribution in [0.3, 0.4) is 0 Å². The van der Waals surface area contributed by atoms with Crippen molar-refractivity contribution in [3.63, 3.8) is 0 Å². The predicted octanol–water partition coefficient (Wildman–Crippen LogP) is 1.75. The van der Waals surface area contributed by atoms with Gasteiger partial charge in [-0.05, 0) is 18.6 Å². The van der Waals surface area contributed by atoms with Crippen molar-refractivity contribution in [3.8, 4) is 11.3 Å². The Bertz CT molecular complexity index is 502. The summed E-state index contributed by atoms with van der Waals surface area (Å²) in [6.45, 7) is 2.01. The van der Waals surface area contributed by atoms with Gasteiger partial charge in [0.05, 0.1) is 18.1 Å². The average molecular weight is 186 g/mol. The molecule has 0 saturated heterocycles. The maximum absolute atomic E-state index is 11.0. The van der Waals surface area contributed by atoms with E-state index in [0.717, 1.165) is 16.8 Å². The molecule has 14 heavy (non-hydrogen) atoms. The number of aromatic nitrogens is 2. The average Bonchev–Trinajstić information content (AvgIpc) is 2.18. The van der Waals surface area contributed by atoms with Crippen molar-refractivity contribution >= 4 is 0 Å². The van der Waals surface area contributed by atoms with Crippen LogP contribution in [0.15, 0.2) is 41.5 Å². The third kappa shape index (κ3) is 1.71. The second kappa shape index (κ2) is 3.46. The van der Waals surface area contributed by atoms with Crippen LogP contribution in [-0.4, -0.2) is 9.97 Å². The van der Waals surface area contributed by atoms with E-state index in [2.05, 4.69) is 9.97 Å². The quantitative estimate of drug-likeness (QED) is 0.737. The number of hydrogen-bond donors (Lipinski definition) is 1. The van der Waals surface area contributed by atoms with Crippen LogP contribution in [0, 0.1) is 6.92 Å². The zero-order chi connectivity index (χ0) is 9.97. The van der Waals surface area contributed by atoms with Gasteiger partial charge in [-0.25, -0.2) is 0 Å². The van der Waals surface area contributed by atoms with Crippen LogP contribution >= 0.6 is 0 Å². The van der Waals surface area contributed by atoms with Crippen molar-refractivity contribution < 1.29 is 0 Å². The number of benzene rings is 1. The number of aryl methyl sites for hydroxylation is 1. The van der Waals surface area contributed by atoms with Gasteiger partial charge in [-0.15, -0.1) is 0 Å². The predicted molar refractivity (Wildman–Crippen MR) is 55.0 cm³/mol. The monoisotopic (exact) mass is 186 g/mol. The van der Waals surface area contributed by atoms with Gasteiger partial charge in [0.2, 0.25) is 0 Å². The van der Waals surface area contributed by atoms with E-state index in [4.69, 9.17) is 0 Å². The summed E-state index contributed by atoms with van der Waals surface area (Å²) in [5.41, 5.74) is 2.72. The Balaban J connectivity index is 2.55. The summed E-state index contributed by atoms with van der Waals surface area (Å²) in [7, 11) is 0. The zero-order valence-corrected chi connectivity index (χ0v) is 7.82. The molecule has 0 saturated carbocycles. The molecule has 0 aliphatic heterocycles. The van der Waals surface area contributed by atoms with Crippen molar-refractivity contribution in [2.75, 3.05) is 0 Å². The molecule has 1 aromatic carbocycles.